The van der Waals surface area contributed by atoms with Gasteiger partial charge in [-0.3, -0.25) is 0 Å². The van der Waals surface area contributed by atoms with Gasteiger partial charge in [0, 0.05) is 11.8 Å². The number of aliphatic hydroxyl groups is 1. The molecule has 3 N–H and O–H groups in total. The summed E-state index contributed by atoms with van der Waals surface area (Å²) < 4.78 is 16.7. The van der Waals surface area contributed by atoms with E-state index in [2.05, 4.69) is 11.1 Å². The number of methoxy groups -OCH3 is 1. The van der Waals surface area contributed by atoms with Gasteiger partial charge >= 0.3 is 12.1 Å². The fourth-order valence-electron chi connectivity index (χ4n) is 4.42. The van der Waals surface area contributed by atoms with Gasteiger partial charge in [-0.2, -0.15) is 0 Å². The first-order valence-corrected chi connectivity index (χ1v) is 12.9. The zero-order valence-electron chi connectivity index (χ0n) is 22.7. The van der Waals surface area contributed by atoms with E-state index in [0.29, 0.717) is 23.4 Å². The molecule has 1 aliphatic heterocycles. The summed E-state index contributed by atoms with van der Waals surface area (Å²) in [7, 11) is 1.36. The van der Waals surface area contributed by atoms with Gasteiger partial charge in [0.1, 0.15) is 23.3 Å². The molecule has 0 spiro atoms. The zero-order valence-corrected chi connectivity index (χ0v) is 22.7. The number of benzene rings is 2. The number of carbonyl (C=O) groups excluding carboxylic acids is 2. The molecule has 0 saturated carbocycles. The monoisotopic (exact) mass is 533 g/mol. The highest BCUT2D eigenvalue weighted by atomic mass is 16.6. The number of esters is 1. The molecule has 1 aliphatic rings. The van der Waals surface area contributed by atoms with Crippen LogP contribution in [0, 0.1) is 0 Å². The summed E-state index contributed by atoms with van der Waals surface area (Å²) in [4.78, 5) is 30.5. The van der Waals surface area contributed by atoms with E-state index < -0.39 is 17.8 Å². The number of amides is 1. The number of hydrogen-bond acceptors (Lipinski definition) is 8. The third-order valence-corrected chi connectivity index (χ3v) is 6.37. The largest absolute Gasteiger partial charge is 0.488 e. The van der Waals surface area contributed by atoms with Crippen molar-refractivity contribution < 1.29 is 28.9 Å². The van der Waals surface area contributed by atoms with Gasteiger partial charge in [0.05, 0.1) is 31.9 Å². The first-order chi connectivity index (χ1) is 18.5. The molecule has 1 amide bonds. The first kappa shape index (κ1) is 27.9. The predicted molar refractivity (Wildman–Crippen MR) is 147 cm³/mol. The third-order valence-electron chi connectivity index (χ3n) is 6.37. The summed E-state index contributed by atoms with van der Waals surface area (Å²) in [5, 5.41) is 10.8. The van der Waals surface area contributed by atoms with Gasteiger partial charge in [-0.1, -0.05) is 24.3 Å². The van der Waals surface area contributed by atoms with E-state index in [1.807, 2.05) is 24.3 Å². The number of hydrogen-bond donors (Lipinski definition) is 2. The van der Waals surface area contributed by atoms with E-state index in [9.17, 15) is 14.7 Å². The Morgan fingerprint density at radius 1 is 1.15 bits per heavy atom. The summed E-state index contributed by atoms with van der Waals surface area (Å²) in [5.74, 6) is 0.711. The number of ether oxygens (including phenoxy) is 3. The Morgan fingerprint density at radius 2 is 1.92 bits per heavy atom. The van der Waals surface area contributed by atoms with Crippen LogP contribution in [0.4, 0.5) is 10.6 Å². The molecule has 3 aromatic rings. The van der Waals surface area contributed by atoms with Crippen LogP contribution in [0.5, 0.6) is 5.75 Å². The zero-order chi connectivity index (χ0) is 28.2. The van der Waals surface area contributed by atoms with Crippen molar-refractivity contribution in [2.75, 3.05) is 25.9 Å². The minimum Gasteiger partial charge on any atom is -0.488 e. The van der Waals surface area contributed by atoms with Gasteiger partial charge in [0.15, 0.2) is 0 Å². The van der Waals surface area contributed by atoms with Crippen molar-refractivity contribution in [1.82, 2.24) is 9.88 Å². The van der Waals surface area contributed by atoms with Crippen LogP contribution in [-0.2, 0) is 15.9 Å². The standard InChI is InChI=1S/C30H35N3O6/c1-30(2,3)39-29(36)33(18-25(34)23-10-13-27(31)32-16-23)17-24-11-8-21-14-20(9-12-26(21)38-24)19-6-5-7-22(15-19)28(35)37-4/h5-7,9-10,12-16,24-25,34H,8,11,17-18H2,1-4H3,(H2,31,32)/t24?,25-/m0/s1. The second kappa shape index (κ2) is 11.7. The molecule has 2 aromatic carbocycles. The third kappa shape index (κ3) is 7.26. The van der Waals surface area contributed by atoms with Crippen LogP contribution in [-0.4, -0.2) is 59.0 Å². The van der Waals surface area contributed by atoms with Crippen molar-refractivity contribution in [2.24, 2.45) is 0 Å². The molecular formula is C30H35N3O6. The Hall–Kier alpha value is -4.11. The number of nitrogens with two attached hydrogens (primary N) is 1. The molecular weight excluding hydrogens is 498 g/mol. The average Bonchev–Trinajstić information content (AvgIpc) is 2.91. The molecule has 0 radical (unpaired) electrons. The van der Waals surface area contributed by atoms with Crippen molar-refractivity contribution in [1.29, 1.82) is 0 Å². The molecule has 2 atom stereocenters. The molecule has 39 heavy (non-hydrogen) atoms. The minimum absolute atomic E-state index is 0.0166. The molecule has 9 heteroatoms. The van der Waals surface area contributed by atoms with Gasteiger partial charge in [-0.05, 0) is 80.6 Å². The molecule has 0 aliphatic carbocycles. The van der Waals surface area contributed by atoms with E-state index in [0.717, 1.165) is 28.9 Å². The van der Waals surface area contributed by atoms with E-state index in [-0.39, 0.29) is 25.2 Å². The number of fused-ring (bicyclic) bond motifs is 1. The van der Waals surface area contributed by atoms with Crippen molar-refractivity contribution in [2.45, 2.75) is 51.4 Å². The molecule has 0 fully saturated rings. The fourth-order valence-corrected chi connectivity index (χ4v) is 4.42. The molecule has 0 saturated heterocycles. The molecule has 2 heterocycles. The highest BCUT2D eigenvalue weighted by molar-refractivity contribution is 5.91. The van der Waals surface area contributed by atoms with Crippen LogP contribution in [0.1, 0.15) is 54.8 Å². The van der Waals surface area contributed by atoms with Crippen LogP contribution in [0.3, 0.4) is 0 Å². The van der Waals surface area contributed by atoms with Gasteiger partial charge in [0.25, 0.3) is 0 Å². The smallest absolute Gasteiger partial charge is 0.410 e. The lowest BCUT2D eigenvalue weighted by Gasteiger charge is -2.33. The maximum Gasteiger partial charge on any atom is 0.410 e. The van der Waals surface area contributed by atoms with Gasteiger partial charge < -0.3 is 30.0 Å². The molecule has 0 bridgehead atoms. The Bertz CT molecular complexity index is 1320. The van der Waals surface area contributed by atoms with Crippen LogP contribution >= 0.6 is 0 Å². The quantitative estimate of drug-likeness (QED) is 0.416. The lowest BCUT2D eigenvalue weighted by atomic mass is 9.96. The highest BCUT2D eigenvalue weighted by Crippen LogP contribution is 2.33. The van der Waals surface area contributed by atoms with E-state index in [1.165, 1.54) is 18.2 Å². The normalized spacial score (nSPS) is 15.5. The fraction of sp³-hybridized carbons (Fsp3) is 0.367. The van der Waals surface area contributed by atoms with Crippen molar-refractivity contribution >= 4 is 17.9 Å². The highest BCUT2D eigenvalue weighted by Gasteiger charge is 2.30. The van der Waals surface area contributed by atoms with Crippen LogP contribution in [0.25, 0.3) is 11.1 Å². The van der Waals surface area contributed by atoms with E-state index in [4.69, 9.17) is 19.9 Å². The van der Waals surface area contributed by atoms with Crippen LogP contribution in [0.15, 0.2) is 60.8 Å². The number of aryl methyl sites for hydroxylation is 1. The minimum atomic E-state index is -0.968. The Labute approximate surface area is 228 Å². The summed E-state index contributed by atoms with van der Waals surface area (Å²) in [5.41, 5.74) is 8.94. The molecule has 4 rings (SSSR count). The Morgan fingerprint density at radius 3 is 2.62 bits per heavy atom. The molecule has 9 nitrogen and oxygen atoms in total. The maximum absolute atomic E-state index is 13.1. The Kier molecular flexibility index (Phi) is 8.40. The summed E-state index contributed by atoms with van der Waals surface area (Å²) in [6, 6.07) is 16.5. The summed E-state index contributed by atoms with van der Waals surface area (Å²) in [6.45, 7) is 5.67. The van der Waals surface area contributed by atoms with Gasteiger partial charge in [-0.15, -0.1) is 0 Å². The number of anilines is 1. The number of pyridine rings is 1. The second-order valence-corrected chi connectivity index (χ2v) is 10.6. The summed E-state index contributed by atoms with van der Waals surface area (Å²) >= 11 is 0. The number of nitrogen functional groups attached to an aromatic ring is 1. The molecule has 1 aromatic heterocycles. The predicted octanol–water partition coefficient (Wildman–Crippen LogP) is 4.78. The van der Waals surface area contributed by atoms with E-state index in [1.54, 1.807) is 45.0 Å². The van der Waals surface area contributed by atoms with Gasteiger partial charge in [0.2, 0.25) is 0 Å². The van der Waals surface area contributed by atoms with Crippen LogP contribution in [0.2, 0.25) is 0 Å². The maximum atomic E-state index is 13.1. The van der Waals surface area contributed by atoms with E-state index >= 15 is 0 Å². The summed E-state index contributed by atoms with van der Waals surface area (Å²) in [6.07, 6.45) is 1.15. The van der Waals surface area contributed by atoms with Crippen molar-refractivity contribution in [3.8, 4) is 16.9 Å². The van der Waals surface area contributed by atoms with Crippen molar-refractivity contribution in [3.63, 3.8) is 0 Å². The molecule has 1 unspecified atom stereocenters. The number of nitrogens with zero attached hydrogens (tertiary/aromatic N) is 2. The lowest BCUT2D eigenvalue weighted by Crippen LogP contribution is -2.45. The van der Waals surface area contributed by atoms with Crippen LogP contribution < -0.4 is 10.5 Å². The SMILES string of the molecule is COC(=O)c1cccc(-c2ccc3c(c2)CCC(CN(C[C@H](O)c2ccc(N)nc2)C(=O)OC(C)(C)C)O3)c1. The van der Waals surface area contributed by atoms with Crippen molar-refractivity contribution in [3.05, 3.63) is 77.5 Å². The lowest BCUT2D eigenvalue weighted by molar-refractivity contribution is 0.00365. The average molecular weight is 534 g/mol. The second-order valence-electron chi connectivity index (χ2n) is 10.6. The van der Waals surface area contributed by atoms with Gasteiger partial charge in [-0.25, -0.2) is 14.6 Å². The molecule has 206 valence electrons. The first-order valence-electron chi connectivity index (χ1n) is 12.9. The number of aliphatic hydroxyl groups excluding tert-OH is 1. The topological polar surface area (TPSA) is 124 Å². The number of rotatable bonds is 7. The number of aromatic nitrogens is 1. The Balaban J connectivity index is 1.48. The number of carbonyl (C=O) groups is 2.